The second kappa shape index (κ2) is 7.46. The lowest BCUT2D eigenvalue weighted by Gasteiger charge is -2.12. The van der Waals surface area contributed by atoms with E-state index in [-0.39, 0.29) is 0 Å². The largest absolute Gasteiger partial charge is 0.363 e. The zero-order valence-corrected chi connectivity index (χ0v) is 11.8. The van der Waals surface area contributed by atoms with Crippen LogP contribution in [0.1, 0.15) is 0 Å². The van der Waals surface area contributed by atoms with Gasteiger partial charge >= 0.3 is 0 Å². The third-order valence-electron chi connectivity index (χ3n) is 1.21. The normalized spacial score (nSPS) is 9.07. The molecule has 0 bridgehead atoms. The van der Waals surface area contributed by atoms with Crippen LogP contribution in [0.5, 0.6) is 0 Å². The first-order valence-electron chi connectivity index (χ1n) is 3.68. The van der Waals surface area contributed by atoms with E-state index in [4.69, 9.17) is 17.5 Å². The maximum Gasteiger partial charge on any atom is 0.141 e. The van der Waals surface area contributed by atoms with Gasteiger partial charge in [0.15, 0.2) is 0 Å². The standard InChI is InChI=1S/C8H12N2S4/c1-10(2)8(11)14-6(5-9)7(12-3)13-4/h1-4H3. The highest BCUT2D eigenvalue weighted by Gasteiger charge is 2.09. The highest BCUT2D eigenvalue weighted by Crippen LogP contribution is 2.33. The molecule has 0 aliphatic carbocycles. The van der Waals surface area contributed by atoms with E-state index in [0.29, 0.717) is 9.23 Å². The smallest absolute Gasteiger partial charge is 0.141 e. The van der Waals surface area contributed by atoms with E-state index < -0.39 is 0 Å². The van der Waals surface area contributed by atoms with Crippen molar-refractivity contribution >= 4 is 51.8 Å². The fraction of sp³-hybridized carbons (Fsp3) is 0.500. The summed E-state index contributed by atoms with van der Waals surface area (Å²) in [4.78, 5) is 2.51. The Morgan fingerprint density at radius 3 is 2.07 bits per heavy atom. The first kappa shape index (κ1) is 14.2. The number of rotatable bonds is 3. The molecule has 0 rings (SSSR count). The molecule has 78 valence electrons. The van der Waals surface area contributed by atoms with Crippen molar-refractivity contribution in [2.75, 3.05) is 26.6 Å². The molecule has 0 aromatic rings. The van der Waals surface area contributed by atoms with E-state index in [2.05, 4.69) is 6.07 Å². The molecular weight excluding hydrogens is 252 g/mol. The molecule has 0 unspecified atom stereocenters. The monoisotopic (exact) mass is 264 g/mol. The van der Waals surface area contributed by atoms with E-state index in [1.807, 2.05) is 31.5 Å². The summed E-state index contributed by atoms with van der Waals surface area (Å²) in [5.74, 6) is 0. The Labute approximate surface area is 103 Å². The molecule has 0 N–H and O–H groups in total. The molecule has 2 nitrogen and oxygen atoms in total. The Balaban J connectivity index is 4.68. The van der Waals surface area contributed by atoms with Crippen LogP contribution < -0.4 is 0 Å². The summed E-state index contributed by atoms with van der Waals surface area (Å²) in [6.07, 6.45) is 3.92. The fourth-order valence-electron chi connectivity index (χ4n) is 0.557. The predicted octanol–water partition coefficient (Wildman–Crippen LogP) is 2.98. The quantitative estimate of drug-likeness (QED) is 0.574. The van der Waals surface area contributed by atoms with Crippen LogP contribution in [0.2, 0.25) is 0 Å². The van der Waals surface area contributed by atoms with E-state index in [1.165, 1.54) is 11.8 Å². The second-order valence-corrected chi connectivity index (χ2v) is 5.93. The summed E-state index contributed by atoms with van der Waals surface area (Å²) in [6.45, 7) is 0. The number of thiocarbonyl (C=S) groups is 1. The molecule has 0 atom stereocenters. The van der Waals surface area contributed by atoms with Crippen LogP contribution in [0, 0.1) is 11.3 Å². The van der Waals surface area contributed by atoms with Crippen LogP contribution in [0.4, 0.5) is 0 Å². The van der Waals surface area contributed by atoms with Crippen LogP contribution in [0.15, 0.2) is 9.14 Å². The third-order valence-corrected chi connectivity index (χ3v) is 5.27. The lowest BCUT2D eigenvalue weighted by molar-refractivity contribution is 0.648. The molecule has 0 heterocycles. The molecule has 0 aliphatic rings. The molecule has 0 aliphatic heterocycles. The van der Waals surface area contributed by atoms with Crippen molar-refractivity contribution in [2.24, 2.45) is 0 Å². The Bertz CT molecular complexity index is 272. The Kier molecular flexibility index (Phi) is 7.55. The number of allylic oxidation sites excluding steroid dienone is 1. The lowest BCUT2D eigenvalue weighted by Crippen LogP contribution is -2.16. The summed E-state index contributed by atoms with van der Waals surface area (Å²) < 4.78 is 1.73. The zero-order valence-electron chi connectivity index (χ0n) is 8.53. The molecule has 0 aromatic carbocycles. The van der Waals surface area contributed by atoms with Gasteiger partial charge in [-0.2, -0.15) is 5.26 Å². The van der Waals surface area contributed by atoms with Gasteiger partial charge in [-0.15, -0.1) is 23.5 Å². The number of nitrogens with zero attached hydrogens (tertiary/aromatic N) is 2. The van der Waals surface area contributed by atoms with Crippen LogP contribution in [0.3, 0.4) is 0 Å². The van der Waals surface area contributed by atoms with E-state index in [0.717, 1.165) is 4.24 Å². The van der Waals surface area contributed by atoms with Crippen LogP contribution >= 0.6 is 47.5 Å². The van der Waals surface area contributed by atoms with Gasteiger partial charge in [0.05, 0.1) is 4.24 Å². The molecule has 0 spiro atoms. The Hall–Kier alpha value is 0.170. The zero-order chi connectivity index (χ0) is 11.1. The average Bonchev–Trinajstić information content (AvgIpc) is 2.17. The van der Waals surface area contributed by atoms with Crippen molar-refractivity contribution in [3.63, 3.8) is 0 Å². The van der Waals surface area contributed by atoms with Crippen molar-refractivity contribution in [3.8, 4) is 6.07 Å². The number of hydrogen-bond donors (Lipinski definition) is 0. The fourth-order valence-corrected chi connectivity index (χ4v) is 3.17. The van der Waals surface area contributed by atoms with Crippen LogP contribution in [-0.2, 0) is 0 Å². The summed E-state index contributed by atoms with van der Waals surface area (Å²) in [6, 6.07) is 2.18. The van der Waals surface area contributed by atoms with Gasteiger partial charge in [0.25, 0.3) is 0 Å². The molecule has 0 saturated carbocycles. The van der Waals surface area contributed by atoms with Gasteiger partial charge < -0.3 is 4.90 Å². The SMILES string of the molecule is CSC(SC)=C(C#N)SC(=S)N(C)C. The molecule has 0 saturated heterocycles. The molecule has 0 fully saturated rings. The minimum Gasteiger partial charge on any atom is -0.363 e. The van der Waals surface area contributed by atoms with Crippen LogP contribution in [-0.4, -0.2) is 35.8 Å². The predicted molar refractivity (Wildman–Crippen MR) is 73.5 cm³/mol. The van der Waals surface area contributed by atoms with Gasteiger partial charge in [-0.25, -0.2) is 0 Å². The Morgan fingerprint density at radius 1 is 1.29 bits per heavy atom. The number of nitriles is 1. The molecule has 0 aromatic heterocycles. The maximum atomic E-state index is 8.96. The van der Waals surface area contributed by atoms with Gasteiger partial charge in [-0.05, 0) is 24.3 Å². The first-order chi connectivity index (χ1) is 6.56. The van der Waals surface area contributed by atoms with Crippen molar-refractivity contribution < 1.29 is 0 Å². The first-order valence-corrected chi connectivity index (χ1v) is 7.35. The van der Waals surface area contributed by atoms with Gasteiger partial charge in [0, 0.05) is 14.1 Å². The van der Waals surface area contributed by atoms with E-state index >= 15 is 0 Å². The maximum absolute atomic E-state index is 8.96. The average molecular weight is 264 g/mol. The van der Waals surface area contributed by atoms with Gasteiger partial charge in [0.2, 0.25) is 0 Å². The van der Waals surface area contributed by atoms with E-state index in [9.17, 15) is 0 Å². The van der Waals surface area contributed by atoms with Gasteiger partial charge in [-0.3, -0.25) is 0 Å². The number of thioether (sulfide) groups is 3. The number of hydrogen-bond acceptors (Lipinski definition) is 5. The highest BCUT2D eigenvalue weighted by atomic mass is 32.2. The molecule has 0 radical (unpaired) electrons. The van der Waals surface area contributed by atoms with Crippen molar-refractivity contribution in [3.05, 3.63) is 9.14 Å². The molecule has 14 heavy (non-hydrogen) atoms. The summed E-state index contributed by atoms with van der Waals surface area (Å²) in [7, 11) is 3.75. The highest BCUT2D eigenvalue weighted by molar-refractivity contribution is 8.28. The summed E-state index contributed by atoms with van der Waals surface area (Å²) in [5.41, 5.74) is 0. The van der Waals surface area contributed by atoms with Crippen molar-refractivity contribution in [2.45, 2.75) is 0 Å². The Morgan fingerprint density at radius 2 is 1.79 bits per heavy atom. The van der Waals surface area contributed by atoms with Crippen LogP contribution in [0.25, 0.3) is 0 Å². The van der Waals surface area contributed by atoms with Crippen molar-refractivity contribution in [1.82, 2.24) is 4.90 Å². The minimum atomic E-state index is 0.684. The summed E-state index contributed by atoms with van der Waals surface area (Å²) >= 11 is 9.62. The molecule has 6 heteroatoms. The topological polar surface area (TPSA) is 27.0 Å². The third kappa shape index (κ3) is 4.60. The van der Waals surface area contributed by atoms with Crippen molar-refractivity contribution in [1.29, 1.82) is 5.26 Å². The summed E-state index contributed by atoms with van der Waals surface area (Å²) in [5, 5.41) is 8.96. The van der Waals surface area contributed by atoms with Gasteiger partial charge in [0.1, 0.15) is 15.3 Å². The minimum absolute atomic E-state index is 0.684. The lowest BCUT2D eigenvalue weighted by atomic mass is 10.7. The molecule has 0 amide bonds. The second-order valence-electron chi connectivity index (χ2n) is 2.40. The molecular formula is C8H12N2S4. The van der Waals surface area contributed by atoms with E-state index in [1.54, 1.807) is 23.5 Å². The van der Waals surface area contributed by atoms with Gasteiger partial charge in [-0.1, -0.05) is 12.2 Å².